The number of hydrogen-bond acceptors (Lipinski definition) is 4. The molecule has 0 spiro atoms. The van der Waals surface area contributed by atoms with Crippen LogP contribution in [0.5, 0.6) is 0 Å². The van der Waals surface area contributed by atoms with Gasteiger partial charge in [-0.05, 0) is 43.4 Å². The summed E-state index contributed by atoms with van der Waals surface area (Å²) in [7, 11) is 0. The van der Waals surface area contributed by atoms with Gasteiger partial charge in [0.2, 0.25) is 0 Å². The predicted molar refractivity (Wildman–Crippen MR) is 103 cm³/mol. The molecule has 26 heavy (non-hydrogen) atoms. The van der Waals surface area contributed by atoms with E-state index < -0.39 is 0 Å². The molecule has 1 aromatic heterocycles. The topological polar surface area (TPSA) is 42.4 Å². The summed E-state index contributed by atoms with van der Waals surface area (Å²) in [4.78, 5) is 19.2. The number of benzene rings is 1. The third-order valence-electron chi connectivity index (χ3n) is 6.04. The maximum atomic E-state index is 12.2. The van der Waals surface area contributed by atoms with E-state index in [1.807, 2.05) is 37.4 Å². The Morgan fingerprint density at radius 1 is 1.42 bits per heavy atom. The maximum absolute atomic E-state index is 12.2. The number of esters is 1. The molecule has 0 amide bonds. The van der Waals surface area contributed by atoms with Crippen molar-refractivity contribution in [1.82, 2.24) is 9.88 Å². The van der Waals surface area contributed by atoms with Crippen LogP contribution in [0.4, 0.5) is 0 Å². The normalized spacial score (nSPS) is 28.7. The van der Waals surface area contributed by atoms with Gasteiger partial charge in [-0.1, -0.05) is 31.2 Å². The zero-order chi connectivity index (χ0) is 18.1. The minimum Gasteiger partial charge on any atom is -0.456 e. The van der Waals surface area contributed by atoms with Crippen LogP contribution in [-0.4, -0.2) is 35.0 Å². The number of nitrogens with zero attached hydrogens (tertiary/aromatic N) is 2. The van der Waals surface area contributed by atoms with Crippen LogP contribution in [-0.2, 0) is 9.53 Å². The first-order valence-electron chi connectivity index (χ1n) is 9.61. The SMILES string of the molecule is C=C[C@H]1CN2CC[C@@H]1C[C@@H]2[C@@H](OC(=O)CC)c1ccnc2ccccc12. The summed E-state index contributed by atoms with van der Waals surface area (Å²) < 4.78 is 6.02. The molecule has 5 atom stereocenters. The van der Waals surface area contributed by atoms with Crippen molar-refractivity contribution in [2.24, 2.45) is 11.8 Å². The van der Waals surface area contributed by atoms with Crippen LogP contribution in [0.3, 0.4) is 0 Å². The van der Waals surface area contributed by atoms with Crippen LogP contribution in [0.2, 0.25) is 0 Å². The summed E-state index contributed by atoms with van der Waals surface area (Å²) >= 11 is 0. The van der Waals surface area contributed by atoms with Crippen LogP contribution < -0.4 is 0 Å². The molecule has 0 radical (unpaired) electrons. The summed E-state index contributed by atoms with van der Waals surface area (Å²) in [5, 5.41) is 1.08. The molecule has 0 saturated carbocycles. The van der Waals surface area contributed by atoms with Gasteiger partial charge in [-0.3, -0.25) is 14.7 Å². The van der Waals surface area contributed by atoms with Crippen molar-refractivity contribution in [2.75, 3.05) is 13.1 Å². The third kappa shape index (κ3) is 3.03. The van der Waals surface area contributed by atoms with E-state index >= 15 is 0 Å². The number of aromatic nitrogens is 1. The molecule has 1 unspecified atom stereocenters. The molecule has 3 saturated heterocycles. The number of pyridine rings is 1. The van der Waals surface area contributed by atoms with Crippen molar-refractivity contribution in [3.05, 3.63) is 54.7 Å². The monoisotopic (exact) mass is 350 g/mol. The minimum absolute atomic E-state index is 0.140. The first-order valence-corrected chi connectivity index (χ1v) is 9.61. The number of rotatable bonds is 5. The number of hydrogen-bond donors (Lipinski definition) is 0. The van der Waals surface area contributed by atoms with Gasteiger partial charge in [-0.2, -0.15) is 0 Å². The molecule has 3 aliphatic heterocycles. The second-order valence-corrected chi connectivity index (χ2v) is 7.43. The van der Waals surface area contributed by atoms with Gasteiger partial charge in [-0.15, -0.1) is 6.58 Å². The fraction of sp³-hybridized carbons (Fsp3) is 0.455. The zero-order valence-corrected chi connectivity index (χ0v) is 15.3. The Balaban J connectivity index is 1.73. The molecule has 2 bridgehead atoms. The van der Waals surface area contributed by atoms with Gasteiger partial charge in [0.25, 0.3) is 0 Å². The molecule has 3 aliphatic rings. The van der Waals surface area contributed by atoms with Gasteiger partial charge in [0.1, 0.15) is 6.10 Å². The predicted octanol–water partition coefficient (Wildman–Crippen LogP) is 4.13. The van der Waals surface area contributed by atoms with Crippen molar-refractivity contribution in [3.8, 4) is 0 Å². The highest BCUT2D eigenvalue weighted by Crippen LogP contribution is 2.43. The van der Waals surface area contributed by atoms with E-state index in [1.54, 1.807) is 0 Å². The Kier molecular flexibility index (Phi) is 4.77. The maximum Gasteiger partial charge on any atom is 0.306 e. The molecule has 136 valence electrons. The smallest absolute Gasteiger partial charge is 0.306 e. The van der Waals surface area contributed by atoms with Crippen molar-refractivity contribution in [1.29, 1.82) is 0 Å². The van der Waals surface area contributed by atoms with E-state index in [-0.39, 0.29) is 18.1 Å². The summed E-state index contributed by atoms with van der Waals surface area (Å²) in [6, 6.07) is 10.3. The molecular formula is C22H26N2O2. The molecule has 5 rings (SSSR count). The highest BCUT2D eigenvalue weighted by atomic mass is 16.5. The van der Waals surface area contributed by atoms with E-state index in [1.165, 1.54) is 6.42 Å². The Labute approximate surface area is 154 Å². The molecule has 0 N–H and O–H groups in total. The number of para-hydroxylation sites is 1. The van der Waals surface area contributed by atoms with Crippen molar-refractivity contribution < 1.29 is 9.53 Å². The van der Waals surface area contributed by atoms with Crippen LogP contribution >= 0.6 is 0 Å². The zero-order valence-electron chi connectivity index (χ0n) is 15.3. The molecular weight excluding hydrogens is 324 g/mol. The third-order valence-corrected chi connectivity index (χ3v) is 6.04. The molecule has 1 aromatic carbocycles. The fourth-order valence-corrected chi connectivity index (χ4v) is 4.63. The van der Waals surface area contributed by atoms with Gasteiger partial charge < -0.3 is 4.74 Å². The Morgan fingerprint density at radius 3 is 3.00 bits per heavy atom. The Hall–Kier alpha value is -2.20. The molecule has 0 aliphatic carbocycles. The lowest BCUT2D eigenvalue weighted by Crippen LogP contribution is -2.55. The standard InChI is InChI=1S/C22H26N2O2/c1-3-15-14-24-12-10-16(15)13-20(24)22(26-21(25)4-2)18-9-11-23-19-8-6-5-7-17(18)19/h3,5-9,11,15-16,20,22H,1,4,10,12-14H2,2H3/t15-,16+,20+,22-/m0/s1. The largest absolute Gasteiger partial charge is 0.456 e. The highest BCUT2D eigenvalue weighted by molar-refractivity contribution is 5.82. The van der Waals surface area contributed by atoms with Crippen LogP contribution in [0.1, 0.15) is 37.9 Å². The number of ether oxygens (including phenoxy) is 1. The van der Waals surface area contributed by atoms with Crippen molar-refractivity contribution in [2.45, 2.75) is 38.3 Å². The molecule has 4 heterocycles. The molecule has 2 aromatic rings. The van der Waals surface area contributed by atoms with Crippen LogP contribution in [0.15, 0.2) is 49.2 Å². The van der Waals surface area contributed by atoms with Gasteiger partial charge in [0.15, 0.2) is 0 Å². The molecule has 3 fully saturated rings. The van der Waals surface area contributed by atoms with Gasteiger partial charge in [-0.25, -0.2) is 0 Å². The van der Waals surface area contributed by atoms with E-state index in [4.69, 9.17) is 4.74 Å². The van der Waals surface area contributed by atoms with Crippen molar-refractivity contribution in [3.63, 3.8) is 0 Å². The summed E-state index contributed by atoms with van der Waals surface area (Å²) in [5.41, 5.74) is 2.02. The summed E-state index contributed by atoms with van der Waals surface area (Å²) in [5.74, 6) is 1.05. The lowest BCUT2D eigenvalue weighted by Gasteiger charge is -2.51. The average Bonchev–Trinajstić information content (AvgIpc) is 2.71. The first kappa shape index (κ1) is 17.2. The molecule has 4 heteroatoms. The van der Waals surface area contributed by atoms with E-state index in [0.29, 0.717) is 18.3 Å². The van der Waals surface area contributed by atoms with Crippen LogP contribution in [0, 0.1) is 11.8 Å². The summed E-state index contributed by atoms with van der Waals surface area (Å²) in [6.07, 6.45) is 6.33. The van der Waals surface area contributed by atoms with E-state index in [2.05, 4.69) is 28.6 Å². The summed E-state index contributed by atoms with van der Waals surface area (Å²) in [6.45, 7) is 7.95. The molecule has 4 nitrogen and oxygen atoms in total. The van der Waals surface area contributed by atoms with E-state index in [0.717, 1.165) is 36.0 Å². The Bertz CT molecular complexity index is 813. The minimum atomic E-state index is -0.246. The first-order chi connectivity index (χ1) is 12.7. The Morgan fingerprint density at radius 2 is 2.27 bits per heavy atom. The van der Waals surface area contributed by atoms with Gasteiger partial charge >= 0.3 is 5.97 Å². The second-order valence-electron chi connectivity index (χ2n) is 7.43. The quantitative estimate of drug-likeness (QED) is 0.601. The second kappa shape index (κ2) is 7.20. The number of carbonyl (C=O) groups excluding carboxylic acids is 1. The lowest BCUT2D eigenvalue weighted by atomic mass is 9.73. The number of piperidine rings is 3. The number of fused-ring (bicyclic) bond motifs is 4. The van der Waals surface area contributed by atoms with E-state index in [9.17, 15) is 4.79 Å². The highest BCUT2D eigenvalue weighted by Gasteiger charge is 2.44. The van der Waals surface area contributed by atoms with Gasteiger partial charge in [0.05, 0.1) is 11.6 Å². The van der Waals surface area contributed by atoms with Crippen LogP contribution in [0.25, 0.3) is 10.9 Å². The average molecular weight is 350 g/mol. The lowest BCUT2D eigenvalue weighted by molar-refractivity contribution is -0.156. The van der Waals surface area contributed by atoms with Gasteiger partial charge in [0, 0.05) is 30.1 Å². The van der Waals surface area contributed by atoms with Crippen molar-refractivity contribution >= 4 is 16.9 Å². The number of carbonyl (C=O) groups is 1. The fourth-order valence-electron chi connectivity index (χ4n) is 4.63.